The number of morpholine rings is 1. The van der Waals surface area contributed by atoms with Crippen molar-refractivity contribution in [2.24, 2.45) is 11.1 Å². The maximum Gasteiger partial charge on any atom is 0.227 e. The molecule has 2 aliphatic heterocycles. The molecule has 24 heavy (non-hydrogen) atoms. The van der Waals surface area contributed by atoms with E-state index in [9.17, 15) is 17.6 Å². The number of carbonyl (C=O) groups excluding carboxylic acids is 1. The van der Waals surface area contributed by atoms with Crippen LogP contribution in [0.1, 0.15) is 6.42 Å². The van der Waals surface area contributed by atoms with E-state index in [2.05, 4.69) is 0 Å². The molecule has 3 rings (SSSR count). The van der Waals surface area contributed by atoms with Gasteiger partial charge in [-0.25, -0.2) is 17.9 Å². The van der Waals surface area contributed by atoms with Gasteiger partial charge in [-0.3, -0.25) is 4.79 Å². The number of halogens is 1. The van der Waals surface area contributed by atoms with E-state index in [1.54, 1.807) is 12.1 Å². The second-order valence-electron chi connectivity index (χ2n) is 6.14. The fourth-order valence-corrected chi connectivity index (χ4v) is 4.08. The number of rotatable bonds is 4. The Morgan fingerprint density at radius 1 is 1.29 bits per heavy atom. The molecule has 2 N–H and O–H groups in total. The molecular weight excluding hydrogens is 337 g/mol. The topological polar surface area (TPSA) is 92.9 Å². The Balaban J connectivity index is 1.75. The highest BCUT2D eigenvalue weighted by Crippen LogP contribution is 2.30. The molecule has 1 atom stereocenters. The van der Waals surface area contributed by atoms with E-state index in [0.29, 0.717) is 37.7 Å². The van der Waals surface area contributed by atoms with Crippen molar-refractivity contribution in [1.29, 1.82) is 0 Å². The maximum absolute atomic E-state index is 14.4. The number of carbonyl (C=O) groups is 1. The molecule has 2 saturated heterocycles. The first kappa shape index (κ1) is 17.1. The monoisotopic (exact) mass is 357 g/mol. The van der Waals surface area contributed by atoms with Crippen molar-refractivity contribution in [2.75, 3.05) is 48.4 Å². The van der Waals surface area contributed by atoms with E-state index in [1.807, 2.05) is 4.90 Å². The van der Waals surface area contributed by atoms with Crippen LogP contribution in [0, 0.1) is 11.7 Å². The van der Waals surface area contributed by atoms with Crippen LogP contribution in [0.15, 0.2) is 18.2 Å². The summed E-state index contributed by atoms with van der Waals surface area (Å²) in [5.41, 5.74) is 0.918. The average Bonchev–Trinajstić information content (AvgIpc) is 2.86. The summed E-state index contributed by atoms with van der Waals surface area (Å²) in [7, 11) is -3.64. The van der Waals surface area contributed by atoms with E-state index in [1.165, 1.54) is 11.0 Å². The predicted octanol–water partition coefficient (Wildman–Crippen LogP) is 0.304. The second kappa shape index (κ2) is 6.66. The van der Waals surface area contributed by atoms with Crippen LogP contribution in [0.5, 0.6) is 0 Å². The standard InChI is InChI=1S/C15H20FN3O4S/c16-13-8-12(1-2-14(13)18-3-5-23-6-4-18)19-9-11(7-15(19)20)10-24(17,21)22/h1-2,8,11H,3-7,9-10H2,(H2,17,21,22). The maximum atomic E-state index is 14.4. The lowest BCUT2D eigenvalue weighted by Gasteiger charge is -2.29. The molecule has 2 heterocycles. The lowest BCUT2D eigenvalue weighted by molar-refractivity contribution is -0.117. The van der Waals surface area contributed by atoms with Gasteiger partial charge in [-0.05, 0) is 18.2 Å². The molecule has 7 nitrogen and oxygen atoms in total. The minimum Gasteiger partial charge on any atom is -0.378 e. The Morgan fingerprint density at radius 3 is 2.62 bits per heavy atom. The zero-order valence-electron chi connectivity index (χ0n) is 13.2. The number of sulfonamides is 1. The van der Waals surface area contributed by atoms with E-state index in [4.69, 9.17) is 9.88 Å². The van der Waals surface area contributed by atoms with Gasteiger partial charge in [0.15, 0.2) is 0 Å². The SMILES string of the molecule is NS(=O)(=O)CC1CC(=O)N(c2ccc(N3CCOCC3)c(F)c2)C1. The van der Waals surface area contributed by atoms with Crippen molar-refractivity contribution < 1.29 is 22.3 Å². The molecule has 132 valence electrons. The fraction of sp³-hybridized carbons (Fsp3) is 0.533. The van der Waals surface area contributed by atoms with E-state index >= 15 is 0 Å². The number of nitrogens with two attached hydrogens (primary N) is 1. The summed E-state index contributed by atoms with van der Waals surface area (Å²) >= 11 is 0. The van der Waals surface area contributed by atoms with Crippen molar-refractivity contribution in [1.82, 2.24) is 0 Å². The molecule has 2 fully saturated rings. The quantitative estimate of drug-likeness (QED) is 0.837. The van der Waals surface area contributed by atoms with Crippen LogP contribution < -0.4 is 14.9 Å². The first-order chi connectivity index (χ1) is 11.3. The highest BCUT2D eigenvalue weighted by Gasteiger charge is 2.33. The largest absolute Gasteiger partial charge is 0.378 e. The molecule has 1 aromatic rings. The summed E-state index contributed by atoms with van der Waals surface area (Å²) in [6.07, 6.45) is 0.100. The highest BCUT2D eigenvalue weighted by atomic mass is 32.2. The fourth-order valence-electron chi connectivity index (χ4n) is 3.20. The van der Waals surface area contributed by atoms with Gasteiger partial charge >= 0.3 is 0 Å². The summed E-state index contributed by atoms with van der Waals surface area (Å²) in [4.78, 5) is 15.4. The summed E-state index contributed by atoms with van der Waals surface area (Å²) in [5.74, 6) is -1.24. The van der Waals surface area contributed by atoms with Crippen molar-refractivity contribution in [3.63, 3.8) is 0 Å². The number of hydrogen-bond acceptors (Lipinski definition) is 5. The third-order valence-corrected chi connectivity index (χ3v) is 5.20. The van der Waals surface area contributed by atoms with Gasteiger partial charge < -0.3 is 14.5 Å². The number of nitrogens with zero attached hydrogens (tertiary/aromatic N) is 2. The molecule has 0 aromatic heterocycles. The van der Waals surface area contributed by atoms with Crippen LogP contribution in [-0.2, 0) is 19.6 Å². The summed E-state index contributed by atoms with van der Waals surface area (Å²) in [6.45, 7) is 2.58. The Hall–Kier alpha value is -1.71. The Bertz CT molecular complexity index is 734. The minimum atomic E-state index is -3.64. The van der Waals surface area contributed by atoms with Crippen LogP contribution in [0.4, 0.5) is 15.8 Å². The molecular formula is C15H20FN3O4S. The van der Waals surface area contributed by atoms with Crippen molar-refractivity contribution >= 4 is 27.3 Å². The number of benzene rings is 1. The van der Waals surface area contributed by atoms with E-state index in [-0.39, 0.29) is 30.5 Å². The molecule has 0 bridgehead atoms. The number of anilines is 2. The molecule has 0 radical (unpaired) electrons. The molecule has 9 heteroatoms. The zero-order valence-corrected chi connectivity index (χ0v) is 14.0. The molecule has 0 spiro atoms. The van der Waals surface area contributed by atoms with Crippen LogP contribution in [0.3, 0.4) is 0 Å². The smallest absolute Gasteiger partial charge is 0.227 e. The van der Waals surface area contributed by atoms with Gasteiger partial charge in [0.25, 0.3) is 0 Å². The molecule has 1 amide bonds. The van der Waals surface area contributed by atoms with E-state index in [0.717, 1.165) is 0 Å². The van der Waals surface area contributed by atoms with Gasteiger partial charge in [-0.15, -0.1) is 0 Å². The number of primary sulfonamides is 1. The highest BCUT2D eigenvalue weighted by molar-refractivity contribution is 7.89. The van der Waals surface area contributed by atoms with Gasteiger partial charge in [0.05, 0.1) is 24.7 Å². The normalized spacial score (nSPS) is 22.2. The second-order valence-corrected chi connectivity index (χ2v) is 7.80. The number of ether oxygens (including phenoxy) is 1. The van der Waals surface area contributed by atoms with Crippen molar-refractivity contribution in [3.8, 4) is 0 Å². The third-order valence-electron chi connectivity index (χ3n) is 4.27. The first-order valence-corrected chi connectivity index (χ1v) is 9.48. The Labute approximate surface area is 140 Å². The van der Waals surface area contributed by atoms with Gasteiger partial charge in [-0.2, -0.15) is 0 Å². The molecule has 0 aliphatic carbocycles. The number of amides is 1. The molecule has 1 unspecified atom stereocenters. The first-order valence-electron chi connectivity index (χ1n) is 7.76. The molecule has 1 aromatic carbocycles. The lowest BCUT2D eigenvalue weighted by atomic mass is 10.1. The van der Waals surface area contributed by atoms with E-state index < -0.39 is 15.8 Å². The van der Waals surface area contributed by atoms with Gasteiger partial charge in [0.2, 0.25) is 15.9 Å². The van der Waals surface area contributed by atoms with Crippen molar-refractivity contribution in [2.45, 2.75) is 6.42 Å². The number of hydrogen-bond donors (Lipinski definition) is 1. The minimum absolute atomic E-state index is 0.100. The van der Waals surface area contributed by atoms with Crippen LogP contribution >= 0.6 is 0 Å². The summed E-state index contributed by atoms with van der Waals surface area (Å²) in [5, 5.41) is 5.04. The van der Waals surface area contributed by atoms with Crippen LogP contribution in [0.2, 0.25) is 0 Å². The van der Waals surface area contributed by atoms with Crippen LogP contribution in [0.25, 0.3) is 0 Å². The third kappa shape index (κ3) is 3.85. The summed E-state index contributed by atoms with van der Waals surface area (Å²) in [6, 6.07) is 4.66. The van der Waals surface area contributed by atoms with Gasteiger partial charge in [0, 0.05) is 37.7 Å². The summed E-state index contributed by atoms with van der Waals surface area (Å²) < 4.78 is 42.1. The van der Waals surface area contributed by atoms with Gasteiger partial charge in [-0.1, -0.05) is 0 Å². The lowest BCUT2D eigenvalue weighted by Crippen LogP contribution is -2.36. The Kier molecular flexibility index (Phi) is 4.75. The van der Waals surface area contributed by atoms with Gasteiger partial charge in [0.1, 0.15) is 5.82 Å². The zero-order chi connectivity index (χ0) is 17.3. The van der Waals surface area contributed by atoms with Crippen molar-refractivity contribution in [3.05, 3.63) is 24.0 Å². The molecule has 2 aliphatic rings. The predicted molar refractivity (Wildman–Crippen MR) is 87.9 cm³/mol. The average molecular weight is 357 g/mol. The molecule has 0 saturated carbocycles. The van der Waals surface area contributed by atoms with Crippen LogP contribution in [-0.4, -0.2) is 52.9 Å². The Morgan fingerprint density at radius 2 is 2.00 bits per heavy atom.